The van der Waals surface area contributed by atoms with Gasteiger partial charge in [0.2, 0.25) is 11.8 Å². The fourth-order valence-corrected chi connectivity index (χ4v) is 4.36. The molecule has 4 aromatic rings. The number of fused-ring (bicyclic) bond motifs is 2. The number of carbonyl (C=O) groups excluding carboxylic acids is 1. The lowest BCUT2D eigenvalue weighted by Gasteiger charge is -2.21. The number of Topliss-reactive ketones (excluding diaryl/α,β-unsaturated/α-hetero) is 1. The molecular formula is C25H20F3N2O+. The normalized spacial score (nSPS) is 16.5. The molecule has 2 heterocycles. The first-order chi connectivity index (χ1) is 14.9. The van der Waals surface area contributed by atoms with Crippen LogP contribution in [0.5, 0.6) is 0 Å². The van der Waals surface area contributed by atoms with Crippen LogP contribution in [0.3, 0.4) is 0 Å². The van der Waals surface area contributed by atoms with E-state index < -0.39 is 17.8 Å². The molecule has 0 spiro atoms. The van der Waals surface area contributed by atoms with Gasteiger partial charge in [0.1, 0.15) is 0 Å². The van der Waals surface area contributed by atoms with Crippen molar-refractivity contribution in [3.8, 4) is 0 Å². The topological polar surface area (TPSA) is 25.9 Å². The minimum absolute atomic E-state index is 0.181. The summed E-state index contributed by atoms with van der Waals surface area (Å²) in [6.45, 7) is 0.740. The summed E-state index contributed by atoms with van der Waals surface area (Å²) in [6, 6.07) is 17.1. The highest BCUT2D eigenvalue weighted by atomic mass is 19.4. The zero-order valence-electron chi connectivity index (χ0n) is 16.6. The number of hydrogen-bond donors (Lipinski definition) is 0. The monoisotopic (exact) mass is 421 g/mol. The second-order valence-corrected chi connectivity index (χ2v) is 7.95. The third-order valence-electron chi connectivity index (χ3n) is 5.98. The number of benzene rings is 2. The molecule has 0 radical (unpaired) electrons. The SMILES string of the molecule is O=C1c2cc(C(F)(F)F)ccc2CC[C@H]1[n+]1ccc2c(ccn2Cc2ccccc2)c1. The molecule has 1 atom stereocenters. The van der Waals surface area contributed by atoms with Crippen molar-refractivity contribution in [1.82, 2.24) is 4.57 Å². The van der Waals surface area contributed by atoms with Crippen molar-refractivity contribution in [1.29, 1.82) is 0 Å². The molecular weight excluding hydrogens is 401 g/mol. The van der Waals surface area contributed by atoms with Gasteiger partial charge < -0.3 is 4.57 Å². The van der Waals surface area contributed by atoms with Crippen LogP contribution in [0.2, 0.25) is 0 Å². The van der Waals surface area contributed by atoms with E-state index in [1.165, 1.54) is 11.6 Å². The number of aromatic nitrogens is 2. The van der Waals surface area contributed by atoms with Crippen LogP contribution in [-0.2, 0) is 19.1 Å². The summed E-state index contributed by atoms with van der Waals surface area (Å²) >= 11 is 0. The maximum Gasteiger partial charge on any atom is 0.416 e. The molecule has 0 bridgehead atoms. The van der Waals surface area contributed by atoms with Crippen molar-refractivity contribution in [2.45, 2.75) is 31.6 Å². The zero-order chi connectivity index (χ0) is 21.6. The molecule has 156 valence electrons. The van der Waals surface area contributed by atoms with Gasteiger partial charge in [-0.3, -0.25) is 4.79 Å². The summed E-state index contributed by atoms with van der Waals surface area (Å²) < 4.78 is 43.3. The van der Waals surface area contributed by atoms with Crippen LogP contribution in [0.25, 0.3) is 10.9 Å². The average molecular weight is 421 g/mol. The number of aryl methyl sites for hydroxylation is 1. The van der Waals surface area contributed by atoms with Crippen LogP contribution in [-0.4, -0.2) is 10.4 Å². The Bertz CT molecular complexity index is 1280. The van der Waals surface area contributed by atoms with Gasteiger partial charge in [0, 0.05) is 30.8 Å². The van der Waals surface area contributed by atoms with Crippen molar-refractivity contribution in [3.05, 3.63) is 102 Å². The summed E-state index contributed by atoms with van der Waals surface area (Å²) in [7, 11) is 0. The first-order valence-corrected chi connectivity index (χ1v) is 10.2. The Morgan fingerprint density at radius 3 is 2.61 bits per heavy atom. The van der Waals surface area contributed by atoms with Crippen molar-refractivity contribution < 1.29 is 22.5 Å². The van der Waals surface area contributed by atoms with E-state index in [0.29, 0.717) is 18.4 Å². The second kappa shape index (κ2) is 7.38. The number of nitrogens with zero attached hydrogens (tertiary/aromatic N) is 2. The first kappa shape index (κ1) is 19.5. The second-order valence-electron chi connectivity index (χ2n) is 7.95. The number of halogens is 3. The lowest BCUT2D eigenvalue weighted by atomic mass is 9.85. The van der Waals surface area contributed by atoms with Gasteiger partial charge in [0.05, 0.1) is 16.5 Å². The van der Waals surface area contributed by atoms with Crippen LogP contribution in [0.15, 0.2) is 79.3 Å². The fourth-order valence-electron chi connectivity index (χ4n) is 4.36. The standard InChI is InChI=1S/C25H20F3N2O/c26-25(27,28)20-8-6-18-7-9-23(24(31)21(18)14-20)30-13-11-22-19(16-30)10-12-29(22)15-17-4-2-1-3-5-17/h1-6,8,10-14,16,23H,7,9,15H2/q+1/t23-/m1/s1. The third kappa shape index (κ3) is 3.63. The third-order valence-corrected chi connectivity index (χ3v) is 5.98. The number of ketones is 1. The molecule has 31 heavy (non-hydrogen) atoms. The highest BCUT2D eigenvalue weighted by Gasteiger charge is 2.37. The van der Waals surface area contributed by atoms with Crippen molar-refractivity contribution >= 4 is 16.7 Å². The largest absolute Gasteiger partial charge is 0.416 e. The molecule has 0 saturated heterocycles. The molecule has 2 aromatic carbocycles. The minimum Gasteiger partial charge on any atom is -0.343 e. The lowest BCUT2D eigenvalue weighted by Crippen LogP contribution is -2.45. The molecule has 6 heteroatoms. The molecule has 0 amide bonds. The van der Waals surface area contributed by atoms with Crippen molar-refractivity contribution in [2.75, 3.05) is 0 Å². The molecule has 1 aliphatic rings. The molecule has 0 unspecified atom stereocenters. The molecule has 1 aliphatic carbocycles. The highest BCUT2D eigenvalue weighted by Crippen LogP contribution is 2.34. The Morgan fingerprint density at radius 1 is 1.03 bits per heavy atom. The Kier molecular flexibility index (Phi) is 4.65. The lowest BCUT2D eigenvalue weighted by molar-refractivity contribution is -0.707. The van der Waals surface area contributed by atoms with E-state index in [2.05, 4.69) is 16.7 Å². The first-order valence-electron chi connectivity index (χ1n) is 10.2. The molecule has 0 N–H and O–H groups in total. The van der Waals surface area contributed by atoms with Crippen molar-refractivity contribution in [3.63, 3.8) is 0 Å². The number of alkyl halides is 3. The van der Waals surface area contributed by atoms with E-state index in [1.807, 2.05) is 53.5 Å². The summed E-state index contributed by atoms with van der Waals surface area (Å²) in [6.07, 6.45) is 2.45. The number of carbonyl (C=O) groups is 1. The van der Waals surface area contributed by atoms with E-state index >= 15 is 0 Å². The minimum atomic E-state index is -4.46. The van der Waals surface area contributed by atoms with Gasteiger partial charge in [-0.05, 0) is 35.7 Å². The predicted molar refractivity (Wildman–Crippen MR) is 111 cm³/mol. The highest BCUT2D eigenvalue weighted by molar-refractivity contribution is 6.00. The van der Waals surface area contributed by atoms with E-state index in [0.717, 1.165) is 29.6 Å². The molecule has 0 aliphatic heterocycles. The van der Waals surface area contributed by atoms with Gasteiger partial charge >= 0.3 is 6.18 Å². The Hall–Kier alpha value is -3.41. The summed E-state index contributed by atoms with van der Waals surface area (Å²) in [5.74, 6) is -0.264. The van der Waals surface area contributed by atoms with E-state index in [4.69, 9.17) is 0 Å². The Morgan fingerprint density at radius 2 is 1.84 bits per heavy atom. The Labute approximate surface area is 177 Å². The average Bonchev–Trinajstić information content (AvgIpc) is 3.16. The maximum absolute atomic E-state index is 13.1. The Balaban J connectivity index is 1.46. The van der Waals surface area contributed by atoms with E-state index in [9.17, 15) is 18.0 Å². The van der Waals surface area contributed by atoms with Crippen LogP contribution in [0.1, 0.15) is 39.5 Å². The number of rotatable bonds is 3. The molecule has 2 aromatic heterocycles. The molecule has 3 nitrogen and oxygen atoms in total. The zero-order valence-corrected chi connectivity index (χ0v) is 16.6. The van der Waals surface area contributed by atoms with Gasteiger partial charge in [-0.2, -0.15) is 17.7 Å². The van der Waals surface area contributed by atoms with Crippen LogP contribution in [0.4, 0.5) is 13.2 Å². The van der Waals surface area contributed by atoms with Crippen LogP contribution in [0, 0.1) is 0 Å². The summed E-state index contributed by atoms with van der Waals surface area (Å²) in [4.78, 5) is 13.1. The summed E-state index contributed by atoms with van der Waals surface area (Å²) in [5, 5.41) is 0.987. The molecule has 0 saturated carbocycles. The fraction of sp³-hybridized carbons (Fsp3) is 0.200. The smallest absolute Gasteiger partial charge is 0.343 e. The molecule has 0 fully saturated rings. The van der Waals surface area contributed by atoms with Crippen LogP contribution >= 0.6 is 0 Å². The van der Waals surface area contributed by atoms with Crippen LogP contribution < -0.4 is 4.57 Å². The van der Waals surface area contributed by atoms with Crippen molar-refractivity contribution in [2.24, 2.45) is 0 Å². The van der Waals surface area contributed by atoms with E-state index in [1.54, 1.807) is 0 Å². The van der Waals surface area contributed by atoms with Gasteiger partial charge in [0.25, 0.3) is 0 Å². The van der Waals surface area contributed by atoms with Gasteiger partial charge in [-0.1, -0.05) is 36.4 Å². The van der Waals surface area contributed by atoms with Gasteiger partial charge in [-0.15, -0.1) is 0 Å². The number of pyridine rings is 1. The summed E-state index contributed by atoms with van der Waals surface area (Å²) in [5.41, 5.74) is 2.32. The van der Waals surface area contributed by atoms with E-state index in [-0.39, 0.29) is 11.3 Å². The predicted octanol–water partition coefficient (Wildman–Crippen LogP) is 5.37. The quantitative estimate of drug-likeness (QED) is 0.409. The van der Waals surface area contributed by atoms with Gasteiger partial charge in [-0.25, -0.2) is 0 Å². The maximum atomic E-state index is 13.1. The number of hydrogen-bond acceptors (Lipinski definition) is 1. The van der Waals surface area contributed by atoms with Gasteiger partial charge in [0.15, 0.2) is 12.4 Å². The molecule has 5 rings (SSSR count).